The van der Waals surface area contributed by atoms with Crippen molar-refractivity contribution in [3.63, 3.8) is 0 Å². The summed E-state index contributed by atoms with van der Waals surface area (Å²) >= 11 is 0. The Hall–Kier alpha value is -2.54. The van der Waals surface area contributed by atoms with E-state index in [0.717, 1.165) is 51.3 Å². The second kappa shape index (κ2) is 9.08. The fraction of sp³-hybridized carbons (Fsp3) is 0.444. The Labute approximate surface area is 147 Å². The minimum Gasteiger partial charge on any atom is -0.354 e. The lowest BCUT2D eigenvalue weighted by molar-refractivity contribution is 0.0948. The van der Waals surface area contributed by atoms with Crippen LogP contribution in [0.5, 0.6) is 0 Å². The van der Waals surface area contributed by atoms with Crippen LogP contribution in [0, 0.1) is 0 Å². The number of carbonyl (C=O) groups excluding carboxylic acids is 1. The third kappa shape index (κ3) is 5.22. The molecule has 0 radical (unpaired) electrons. The molecular weight excluding hydrogens is 316 g/mol. The molecule has 0 saturated carbocycles. The van der Waals surface area contributed by atoms with Crippen LogP contribution in [0.3, 0.4) is 0 Å². The van der Waals surface area contributed by atoms with Crippen molar-refractivity contribution in [1.29, 1.82) is 0 Å². The van der Waals surface area contributed by atoms with Gasteiger partial charge in [-0.2, -0.15) is 0 Å². The van der Waals surface area contributed by atoms with Gasteiger partial charge >= 0.3 is 0 Å². The second-order valence-electron chi connectivity index (χ2n) is 6.07. The molecule has 1 saturated heterocycles. The van der Waals surface area contributed by atoms with Crippen molar-refractivity contribution in [2.75, 3.05) is 37.6 Å². The van der Waals surface area contributed by atoms with E-state index in [9.17, 15) is 4.79 Å². The van der Waals surface area contributed by atoms with E-state index in [4.69, 9.17) is 0 Å². The van der Waals surface area contributed by atoms with Gasteiger partial charge in [0.25, 0.3) is 5.91 Å². The van der Waals surface area contributed by atoms with Gasteiger partial charge < -0.3 is 15.5 Å². The number of nitrogens with one attached hydrogen (secondary N) is 2. The van der Waals surface area contributed by atoms with Crippen molar-refractivity contribution in [2.24, 2.45) is 0 Å². The number of hydrogen-bond donors (Lipinski definition) is 2. The monoisotopic (exact) mass is 340 g/mol. The quantitative estimate of drug-likeness (QED) is 0.765. The summed E-state index contributed by atoms with van der Waals surface area (Å²) in [6.45, 7) is 4.46. The fourth-order valence-electron chi connectivity index (χ4n) is 2.81. The highest BCUT2D eigenvalue weighted by atomic mass is 16.1. The predicted molar refractivity (Wildman–Crippen MR) is 96.6 cm³/mol. The van der Waals surface area contributed by atoms with Gasteiger partial charge in [0.05, 0.1) is 12.4 Å². The smallest absolute Gasteiger partial charge is 0.271 e. The number of anilines is 1. The SMILES string of the molecule is O=C(NCCCc1ccncc1)c1cnc(N2CCCNCC2)cn1. The zero-order valence-electron chi connectivity index (χ0n) is 14.3. The topological polar surface area (TPSA) is 83.0 Å². The summed E-state index contributed by atoms with van der Waals surface area (Å²) in [4.78, 5) is 27.0. The van der Waals surface area contributed by atoms with Gasteiger partial charge in [0.1, 0.15) is 11.5 Å². The van der Waals surface area contributed by atoms with Crippen LogP contribution in [0.4, 0.5) is 5.82 Å². The van der Waals surface area contributed by atoms with Crippen LogP contribution in [0.15, 0.2) is 36.9 Å². The first-order valence-corrected chi connectivity index (χ1v) is 8.78. The van der Waals surface area contributed by atoms with Crippen LogP contribution in [0.25, 0.3) is 0 Å². The van der Waals surface area contributed by atoms with Crippen LogP contribution in [-0.4, -0.2) is 53.6 Å². The van der Waals surface area contributed by atoms with Gasteiger partial charge in [-0.1, -0.05) is 0 Å². The normalized spacial score (nSPS) is 14.8. The van der Waals surface area contributed by atoms with E-state index >= 15 is 0 Å². The molecule has 2 aromatic heterocycles. The van der Waals surface area contributed by atoms with Crippen LogP contribution < -0.4 is 15.5 Å². The van der Waals surface area contributed by atoms with E-state index in [1.807, 2.05) is 12.1 Å². The number of pyridine rings is 1. The summed E-state index contributed by atoms with van der Waals surface area (Å²) in [5.74, 6) is 0.657. The lowest BCUT2D eigenvalue weighted by Crippen LogP contribution is -2.29. The average Bonchev–Trinajstić information content (AvgIpc) is 2.95. The molecule has 3 rings (SSSR count). The van der Waals surface area contributed by atoms with Crippen molar-refractivity contribution in [3.05, 3.63) is 48.2 Å². The van der Waals surface area contributed by atoms with E-state index < -0.39 is 0 Å². The van der Waals surface area contributed by atoms with Crippen LogP contribution in [0.1, 0.15) is 28.9 Å². The molecule has 1 amide bonds. The molecule has 7 heteroatoms. The van der Waals surface area contributed by atoms with Gasteiger partial charge in [-0.15, -0.1) is 0 Å². The molecule has 0 spiro atoms. The molecule has 132 valence electrons. The van der Waals surface area contributed by atoms with Gasteiger partial charge in [-0.25, -0.2) is 9.97 Å². The third-order valence-corrected chi connectivity index (χ3v) is 4.21. The summed E-state index contributed by atoms with van der Waals surface area (Å²) in [6, 6.07) is 3.98. The Morgan fingerprint density at radius 2 is 2.04 bits per heavy atom. The van der Waals surface area contributed by atoms with E-state index in [-0.39, 0.29) is 5.91 Å². The number of carbonyl (C=O) groups is 1. The molecule has 2 aromatic rings. The van der Waals surface area contributed by atoms with Crippen molar-refractivity contribution in [1.82, 2.24) is 25.6 Å². The summed E-state index contributed by atoms with van der Waals surface area (Å²) in [5, 5.41) is 6.26. The summed E-state index contributed by atoms with van der Waals surface area (Å²) < 4.78 is 0. The van der Waals surface area contributed by atoms with E-state index in [0.29, 0.717) is 12.2 Å². The molecule has 25 heavy (non-hydrogen) atoms. The first-order chi connectivity index (χ1) is 12.3. The molecule has 2 N–H and O–H groups in total. The molecule has 7 nitrogen and oxygen atoms in total. The number of aryl methyl sites for hydroxylation is 1. The molecule has 0 aliphatic carbocycles. The maximum absolute atomic E-state index is 12.2. The zero-order valence-corrected chi connectivity index (χ0v) is 14.3. The van der Waals surface area contributed by atoms with Crippen LogP contribution in [-0.2, 0) is 6.42 Å². The standard InChI is InChI=1S/C18H24N6O/c25-18(21-7-1-3-15-4-8-20-9-5-15)16-13-23-17(14-22-16)24-11-2-6-19-10-12-24/h4-5,8-9,13-14,19H,1-3,6-7,10-12H2,(H,21,25). The minimum atomic E-state index is -0.175. The lowest BCUT2D eigenvalue weighted by Gasteiger charge is -2.20. The average molecular weight is 340 g/mol. The molecule has 0 atom stereocenters. The largest absolute Gasteiger partial charge is 0.354 e. The Bertz CT molecular complexity index is 653. The molecule has 1 fully saturated rings. The molecule has 0 unspecified atom stereocenters. The first kappa shape index (κ1) is 17.3. The van der Waals surface area contributed by atoms with Crippen LogP contribution >= 0.6 is 0 Å². The highest BCUT2D eigenvalue weighted by Gasteiger charge is 2.13. The summed E-state index contributed by atoms with van der Waals surface area (Å²) in [7, 11) is 0. The molecule has 0 aromatic carbocycles. The molecule has 3 heterocycles. The minimum absolute atomic E-state index is 0.175. The molecule has 1 aliphatic heterocycles. The van der Waals surface area contributed by atoms with Gasteiger partial charge in [-0.3, -0.25) is 9.78 Å². The van der Waals surface area contributed by atoms with Crippen molar-refractivity contribution >= 4 is 11.7 Å². The van der Waals surface area contributed by atoms with E-state index in [1.54, 1.807) is 24.8 Å². The Kier molecular flexibility index (Phi) is 6.28. The van der Waals surface area contributed by atoms with Gasteiger partial charge in [0.2, 0.25) is 0 Å². The van der Waals surface area contributed by atoms with Gasteiger partial charge in [0, 0.05) is 38.6 Å². The van der Waals surface area contributed by atoms with Crippen molar-refractivity contribution < 1.29 is 4.79 Å². The van der Waals surface area contributed by atoms with Crippen LogP contribution in [0.2, 0.25) is 0 Å². The highest BCUT2D eigenvalue weighted by molar-refractivity contribution is 5.91. The number of nitrogens with zero attached hydrogens (tertiary/aromatic N) is 4. The van der Waals surface area contributed by atoms with Gasteiger partial charge in [0.15, 0.2) is 0 Å². The molecule has 0 bridgehead atoms. The number of rotatable bonds is 6. The molecule has 1 aliphatic rings. The highest BCUT2D eigenvalue weighted by Crippen LogP contribution is 2.10. The van der Waals surface area contributed by atoms with E-state index in [2.05, 4.69) is 30.5 Å². The maximum atomic E-state index is 12.2. The Morgan fingerprint density at radius 3 is 2.84 bits per heavy atom. The fourth-order valence-corrected chi connectivity index (χ4v) is 2.81. The van der Waals surface area contributed by atoms with E-state index in [1.165, 1.54) is 5.56 Å². The predicted octanol–water partition coefficient (Wildman–Crippen LogP) is 1.03. The maximum Gasteiger partial charge on any atom is 0.271 e. The Morgan fingerprint density at radius 1 is 1.16 bits per heavy atom. The lowest BCUT2D eigenvalue weighted by atomic mass is 10.1. The van der Waals surface area contributed by atoms with Gasteiger partial charge in [-0.05, 0) is 43.5 Å². The summed E-state index contributed by atoms with van der Waals surface area (Å²) in [6.07, 6.45) is 9.69. The number of hydrogen-bond acceptors (Lipinski definition) is 6. The number of amides is 1. The van der Waals surface area contributed by atoms with Crippen molar-refractivity contribution in [3.8, 4) is 0 Å². The van der Waals surface area contributed by atoms with Crippen molar-refractivity contribution in [2.45, 2.75) is 19.3 Å². The summed E-state index contributed by atoms with van der Waals surface area (Å²) in [5.41, 5.74) is 1.58. The third-order valence-electron chi connectivity index (χ3n) is 4.21. The Balaban J connectivity index is 1.45. The zero-order chi connectivity index (χ0) is 17.3. The number of aromatic nitrogens is 3. The second-order valence-corrected chi connectivity index (χ2v) is 6.07. The first-order valence-electron chi connectivity index (χ1n) is 8.78. The molecular formula is C18H24N6O.